The Morgan fingerprint density at radius 1 is 1.21 bits per heavy atom. The minimum absolute atomic E-state index is 0.0693. The van der Waals surface area contributed by atoms with Crippen molar-refractivity contribution in [3.8, 4) is 0 Å². The van der Waals surface area contributed by atoms with Gasteiger partial charge in [-0.2, -0.15) is 0 Å². The van der Waals surface area contributed by atoms with Crippen LogP contribution in [0.25, 0.3) is 0 Å². The maximum Gasteiger partial charge on any atom is 0.256 e. The highest BCUT2D eigenvalue weighted by Crippen LogP contribution is 2.30. The van der Waals surface area contributed by atoms with Gasteiger partial charge in [-0.1, -0.05) is 36.9 Å². The third-order valence-electron chi connectivity index (χ3n) is 4.91. The number of halogens is 1. The Hall–Kier alpha value is -1.81. The van der Waals surface area contributed by atoms with E-state index in [1.165, 1.54) is 19.3 Å². The Morgan fingerprint density at radius 2 is 1.96 bits per heavy atom. The van der Waals surface area contributed by atoms with Crippen molar-refractivity contribution in [2.75, 3.05) is 24.5 Å². The van der Waals surface area contributed by atoms with E-state index < -0.39 is 0 Å². The van der Waals surface area contributed by atoms with Crippen molar-refractivity contribution in [1.82, 2.24) is 4.90 Å². The number of benzene rings is 1. The zero-order valence-electron chi connectivity index (χ0n) is 13.8. The van der Waals surface area contributed by atoms with Gasteiger partial charge in [-0.25, -0.2) is 0 Å². The van der Waals surface area contributed by atoms with Crippen LogP contribution in [-0.4, -0.2) is 36.3 Å². The average molecular weight is 347 g/mol. The summed E-state index contributed by atoms with van der Waals surface area (Å²) in [6, 6.07) is 5.14. The van der Waals surface area contributed by atoms with Gasteiger partial charge in [0.15, 0.2) is 0 Å². The third kappa shape index (κ3) is 3.48. The van der Waals surface area contributed by atoms with Crippen LogP contribution in [0.3, 0.4) is 0 Å². The van der Waals surface area contributed by atoms with Gasteiger partial charge in [-0.05, 0) is 37.0 Å². The minimum atomic E-state index is -0.0991. The molecular formula is C19H23ClN2O2. The lowest BCUT2D eigenvalue weighted by atomic mass is 9.89. The van der Waals surface area contributed by atoms with Gasteiger partial charge in [0.25, 0.3) is 5.91 Å². The second kappa shape index (κ2) is 7.39. The summed E-state index contributed by atoms with van der Waals surface area (Å²) in [6.07, 6.45) is 7.65. The molecule has 2 aliphatic rings. The first kappa shape index (κ1) is 17.0. The average Bonchev–Trinajstić information content (AvgIpc) is 2.67. The number of carbonyl (C=O) groups is 2. The van der Waals surface area contributed by atoms with Crippen LogP contribution in [0.1, 0.15) is 42.5 Å². The second-order valence-electron chi connectivity index (χ2n) is 6.64. The van der Waals surface area contributed by atoms with Crippen LogP contribution in [0.4, 0.5) is 5.69 Å². The van der Waals surface area contributed by atoms with Gasteiger partial charge >= 0.3 is 0 Å². The van der Waals surface area contributed by atoms with Gasteiger partial charge in [0, 0.05) is 18.1 Å². The molecule has 0 N–H and O–H groups in total. The number of rotatable bonds is 4. The van der Waals surface area contributed by atoms with Gasteiger partial charge < -0.3 is 9.80 Å². The molecule has 1 heterocycles. The first-order valence-electron chi connectivity index (χ1n) is 8.60. The van der Waals surface area contributed by atoms with E-state index in [1.54, 1.807) is 34.1 Å². The molecule has 5 heteroatoms. The number of carbonyl (C=O) groups excluding carboxylic acids is 2. The maximum atomic E-state index is 13.0. The smallest absolute Gasteiger partial charge is 0.256 e. The summed E-state index contributed by atoms with van der Waals surface area (Å²) in [5.74, 6) is 0.321. The molecule has 1 saturated carbocycles. The zero-order chi connectivity index (χ0) is 17.1. The Kier molecular flexibility index (Phi) is 5.24. The van der Waals surface area contributed by atoms with Crippen LogP contribution in [0, 0.1) is 5.92 Å². The fourth-order valence-corrected chi connectivity index (χ4v) is 3.87. The van der Waals surface area contributed by atoms with E-state index in [0.29, 0.717) is 35.3 Å². The summed E-state index contributed by atoms with van der Waals surface area (Å²) in [7, 11) is 0. The van der Waals surface area contributed by atoms with Gasteiger partial charge in [-0.3, -0.25) is 9.59 Å². The van der Waals surface area contributed by atoms with E-state index in [1.807, 2.05) is 0 Å². The molecule has 1 aromatic carbocycles. The van der Waals surface area contributed by atoms with Crippen LogP contribution in [-0.2, 0) is 4.79 Å². The van der Waals surface area contributed by atoms with E-state index >= 15 is 0 Å². The molecule has 2 amide bonds. The summed E-state index contributed by atoms with van der Waals surface area (Å²) in [6.45, 7) is 4.88. The minimum Gasteiger partial charge on any atom is -0.329 e. The van der Waals surface area contributed by atoms with Crippen molar-refractivity contribution >= 4 is 29.1 Å². The molecule has 0 spiro atoms. The fraction of sp³-hybridized carbons (Fsp3) is 0.474. The molecule has 1 fully saturated rings. The second-order valence-corrected chi connectivity index (χ2v) is 7.08. The maximum absolute atomic E-state index is 13.0. The Morgan fingerprint density at radius 3 is 2.67 bits per heavy atom. The van der Waals surface area contributed by atoms with Crippen LogP contribution >= 0.6 is 11.6 Å². The highest BCUT2D eigenvalue weighted by atomic mass is 35.5. The van der Waals surface area contributed by atoms with Gasteiger partial charge in [-0.15, -0.1) is 6.58 Å². The lowest BCUT2D eigenvalue weighted by Gasteiger charge is -2.28. The predicted molar refractivity (Wildman–Crippen MR) is 96.5 cm³/mol. The lowest BCUT2D eigenvalue weighted by Crippen LogP contribution is -2.41. The lowest BCUT2D eigenvalue weighted by molar-refractivity contribution is -0.119. The number of hydrogen-bond donors (Lipinski definition) is 0. The molecule has 1 aliphatic carbocycles. The number of amides is 2. The van der Waals surface area contributed by atoms with E-state index in [-0.39, 0.29) is 18.4 Å². The molecule has 1 aromatic rings. The summed E-state index contributed by atoms with van der Waals surface area (Å²) in [4.78, 5) is 29.0. The predicted octanol–water partition coefficient (Wildman–Crippen LogP) is 3.90. The van der Waals surface area contributed by atoms with E-state index in [0.717, 1.165) is 12.8 Å². The SMILES string of the molecule is C=CCN1C(=O)CN(CC2CCCCC2)C(=O)c2cc(Cl)ccc21. The summed E-state index contributed by atoms with van der Waals surface area (Å²) < 4.78 is 0. The summed E-state index contributed by atoms with van der Waals surface area (Å²) >= 11 is 6.10. The van der Waals surface area contributed by atoms with Crippen LogP contribution in [0.5, 0.6) is 0 Å². The standard InChI is InChI=1S/C19H23ClN2O2/c1-2-10-22-17-9-8-15(20)11-16(17)19(24)21(13-18(22)23)12-14-6-4-3-5-7-14/h2,8-9,11,14H,1,3-7,10,12-13H2. The first-order valence-corrected chi connectivity index (χ1v) is 8.98. The molecule has 0 radical (unpaired) electrons. The van der Waals surface area contributed by atoms with Crippen LogP contribution in [0.2, 0.25) is 5.02 Å². The zero-order valence-corrected chi connectivity index (χ0v) is 14.6. The number of hydrogen-bond acceptors (Lipinski definition) is 2. The van der Waals surface area contributed by atoms with E-state index in [4.69, 9.17) is 11.6 Å². The number of fused-ring (bicyclic) bond motifs is 1. The van der Waals surface area contributed by atoms with Crippen LogP contribution in [0.15, 0.2) is 30.9 Å². The summed E-state index contributed by atoms with van der Waals surface area (Å²) in [5, 5.41) is 0.507. The molecule has 0 aromatic heterocycles. The van der Waals surface area contributed by atoms with Crippen molar-refractivity contribution < 1.29 is 9.59 Å². The topological polar surface area (TPSA) is 40.6 Å². The van der Waals surface area contributed by atoms with Crippen molar-refractivity contribution in [1.29, 1.82) is 0 Å². The molecule has 3 rings (SSSR count). The molecule has 0 saturated heterocycles. The van der Waals surface area contributed by atoms with Gasteiger partial charge in [0.2, 0.25) is 5.91 Å². The molecule has 4 nitrogen and oxygen atoms in total. The Labute approximate surface area is 148 Å². The van der Waals surface area contributed by atoms with Gasteiger partial charge in [0.1, 0.15) is 6.54 Å². The van der Waals surface area contributed by atoms with Crippen molar-refractivity contribution in [3.05, 3.63) is 41.4 Å². The normalized spacial score (nSPS) is 19.2. The largest absolute Gasteiger partial charge is 0.329 e. The number of nitrogens with zero attached hydrogens (tertiary/aromatic N) is 2. The molecule has 24 heavy (non-hydrogen) atoms. The van der Waals surface area contributed by atoms with Crippen molar-refractivity contribution in [3.63, 3.8) is 0 Å². The van der Waals surface area contributed by atoms with Crippen molar-refractivity contribution in [2.24, 2.45) is 5.92 Å². The Balaban J connectivity index is 1.92. The molecule has 0 unspecified atom stereocenters. The monoisotopic (exact) mass is 346 g/mol. The molecule has 0 atom stereocenters. The number of anilines is 1. The third-order valence-corrected chi connectivity index (χ3v) is 5.14. The van der Waals surface area contributed by atoms with E-state index in [2.05, 4.69) is 6.58 Å². The summed E-state index contributed by atoms with van der Waals surface area (Å²) in [5.41, 5.74) is 1.13. The molecule has 128 valence electrons. The quantitative estimate of drug-likeness (QED) is 0.776. The van der Waals surface area contributed by atoms with E-state index in [9.17, 15) is 9.59 Å². The highest BCUT2D eigenvalue weighted by Gasteiger charge is 2.32. The Bertz CT molecular complexity index is 653. The fourth-order valence-electron chi connectivity index (χ4n) is 3.70. The van der Waals surface area contributed by atoms with Gasteiger partial charge in [0.05, 0.1) is 11.3 Å². The molecule has 0 bridgehead atoms. The molecule has 1 aliphatic heterocycles. The molecular weight excluding hydrogens is 324 g/mol. The highest BCUT2D eigenvalue weighted by molar-refractivity contribution is 6.31. The van der Waals surface area contributed by atoms with Crippen LogP contribution < -0.4 is 4.90 Å². The first-order chi connectivity index (χ1) is 11.6. The van der Waals surface area contributed by atoms with Crippen molar-refractivity contribution in [2.45, 2.75) is 32.1 Å².